The molecule has 0 spiro atoms. The zero-order chi connectivity index (χ0) is 17.0. The molecule has 2 rings (SSSR count). The number of halogens is 1. The summed E-state index contributed by atoms with van der Waals surface area (Å²) in [7, 11) is 0. The molecule has 0 unspecified atom stereocenters. The standard InChI is InChI=1S/C17H22BrNO4/c1-10(2)23-15-8-13(18)7-14(9-15)19-16(20)11-3-5-12(6-4-11)17(21)22/h7-12H,3-6H2,1-2H3,(H,19,20)(H,21,22). The van der Waals surface area contributed by atoms with E-state index in [1.54, 1.807) is 6.07 Å². The van der Waals surface area contributed by atoms with Gasteiger partial charge in [0.25, 0.3) is 0 Å². The number of benzene rings is 1. The van der Waals surface area contributed by atoms with Gasteiger partial charge < -0.3 is 15.2 Å². The van der Waals surface area contributed by atoms with Gasteiger partial charge in [-0.3, -0.25) is 9.59 Å². The summed E-state index contributed by atoms with van der Waals surface area (Å²) >= 11 is 3.42. The molecule has 1 fully saturated rings. The quantitative estimate of drug-likeness (QED) is 0.803. The van der Waals surface area contributed by atoms with E-state index in [0.29, 0.717) is 37.1 Å². The van der Waals surface area contributed by atoms with Gasteiger partial charge in [0.1, 0.15) is 5.75 Å². The molecular formula is C17H22BrNO4. The number of ether oxygens (including phenoxy) is 1. The Morgan fingerprint density at radius 1 is 1.17 bits per heavy atom. The van der Waals surface area contributed by atoms with Crippen molar-refractivity contribution in [3.63, 3.8) is 0 Å². The summed E-state index contributed by atoms with van der Waals surface area (Å²) in [6, 6.07) is 5.48. The normalized spacial score (nSPS) is 21.0. The second-order valence-corrected chi connectivity index (χ2v) is 7.13. The van der Waals surface area contributed by atoms with E-state index in [1.165, 1.54) is 0 Å². The Labute approximate surface area is 144 Å². The van der Waals surface area contributed by atoms with Crippen molar-refractivity contribution in [2.24, 2.45) is 11.8 Å². The van der Waals surface area contributed by atoms with E-state index in [4.69, 9.17) is 9.84 Å². The molecule has 0 aromatic heterocycles. The number of hydrogen-bond donors (Lipinski definition) is 2. The minimum absolute atomic E-state index is 0.0533. The highest BCUT2D eigenvalue weighted by molar-refractivity contribution is 9.10. The van der Waals surface area contributed by atoms with Crippen LogP contribution in [0.15, 0.2) is 22.7 Å². The molecule has 1 saturated carbocycles. The third kappa shape index (κ3) is 5.23. The highest BCUT2D eigenvalue weighted by atomic mass is 79.9. The molecular weight excluding hydrogens is 362 g/mol. The van der Waals surface area contributed by atoms with Crippen LogP contribution in [0.1, 0.15) is 39.5 Å². The predicted molar refractivity (Wildman–Crippen MR) is 91.6 cm³/mol. The summed E-state index contributed by atoms with van der Waals surface area (Å²) in [6.07, 6.45) is 2.42. The molecule has 1 aromatic rings. The fourth-order valence-corrected chi connectivity index (χ4v) is 3.29. The van der Waals surface area contributed by atoms with Gasteiger partial charge in [0.05, 0.1) is 12.0 Å². The Hall–Kier alpha value is -1.56. The van der Waals surface area contributed by atoms with Crippen LogP contribution < -0.4 is 10.1 Å². The summed E-state index contributed by atoms with van der Waals surface area (Å²) in [5, 5.41) is 11.9. The van der Waals surface area contributed by atoms with Crippen LogP contribution in [-0.2, 0) is 9.59 Å². The third-order valence-corrected chi connectivity index (χ3v) is 4.42. The van der Waals surface area contributed by atoms with Gasteiger partial charge in [-0.1, -0.05) is 15.9 Å². The average Bonchev–Trinajstić information content (AvgIpc) is 2.45. The topological polar surface area (TPSA) is 75.6 Å². The van der Waals surface area contributed by atoms with Gasteiger partial charge in [-0.05, 0) is 51.7 Å². The largest absolute Gasteiger partial charge is 0.491 e. The number of carboxylic acids is 1. The number of carbonyl (C=O) groups excluding carboxylic acids is 1. The van der Waals surface area contributed by atoms with Crippen LogP contribution in [0.2, 0.25) is 0 Å². The zero-order valence-electron chi connectivity index (χ0n) is 13.3. The first-order chi connectivity index (χ1) is 10.8. The Bertz CT molecular complexity index is 580. The molecule has 23 heavy (non-hydrogen) atoms. The second kappa shape index (κ2) is 7.81. The SMILES string of the molecule is CC(C)Oc1cc(Br)cc(NC(=O)C2CCC(C(=O)O)CC2)c1. The first-order valence-electron chi connectivity index (χ1n) is 7.86. The molecule has 0 saturated heterocycles. The van der Waals surface area contributed by atoms with Crippen LogP contribution >= 0.6 is 15.9 Å². The fraction of sp³-hybridized carbons (Fsp3) is 0.529. The van der Waals surface area contributed by atoms with Crippen molar-refractivity contribution in [2.45, 2.75) is 45.6 Å². The van der Waals surface area contributed by atoms with Crippen molar-refractivity contribution in [3.8, 4) is 5.75 Å². The van der Waals surface area contributed by atoms with Crippen molar-refractivity contribution in [1.82, 2.24) is 0 Å². The van der Waals surface area contributed by atoms with Crippen molar-refractivity contribution < 1.29 is 19.4 Å². The predicted octanol–water partition coefficient (Wildman–Crippen LogP) is 4.07. The number of rotatable bonds is 5. The molecule has 1 aliphatic carbocycles. The number of amides is 1. The van der Waals surface area contributed by atoms with E-state index in [-0.39, 0.29) is 23.8 Å². The molecule has 0 aliphatic heterocycles. The number of carboxylic acid groups (broad SMARTS) is 1. The lowest BCUT2D eigenvalue weighted by Gasteiger charge is -2.25. The minimum atomic E-state index is -0.758. The summed E-state index contributed by atoms with van der Waals surface area (Å²) in [4.78, 5) is 23.3. The minimum Gasteiger partial charge on any atom is -0.491 e. The molecule has 126 valence electrons. The molecule has 6 heteroatoms. The first-order valence-corrected chi connectivity index (χ1v) is 8.65. The van der Waals surface area contributed by atoms with Gasteiger partial charge in [-0.25, -0.2) is 0 Å². The van der Waals surface area contributed by atoms with E-state index in [9.17, 15) is 9.59 Å². The van der Waals surface area contributed by atoms with Crippen LogP contribution in [-0.4, -0.2) is 23.1 Å². The van der Waals surface area contributed by atoms with Gasteiger partial charge in [0, 0.05) is 22.1 Å². The van der Waals surface area contributed by atoms with E-state index in [1.807, 2.05) is 26.0 Å². The maximum absolute atomic E-state index is 12.4. The lowest BCUT2D eigenvalue weighted by Crippen LogP contribution is -2.29. The van der Waals surface area contributed by atoms with Gasteiger partial charge >= 0.3 is 5.97 Å². The lowest BCUT2D eigenvalue weighted by atomic mass is 9.81. The molecule has 1 aromatic carbocycles. The van der Waals surface area contributed by atoms with Crippen molar-refractivity contribution in [3.05, 3.63) is 22.7 Å². The molecule has 0 heterocycles. The van der Waals surface area contributed by atoms with Crippen LogP contribution in [0.5, 0.6) is 5.75 Å². The third-order valence-electron chi connectivity index (χ3n) is 3.96. The number of carbonyl (C=O) groups is 2. The van der Waals surface area contributed by atoms with E-state index < -0.39 is 5.97 Å². The molecule has 0 bridgehead atoms. The van der Waals surface area contributed by atoms with E-state index >= 15 is 0 Å². The fourth-order valence-electron chi connectivity index (χ4n) is 2.82. The van der Waals surface area contributed by atoms with Crippen LogP contribution in [0.25, 0.3) is 0 Å². The van der Waals surface area contributed by atoms with Crippen LogP contribution in [0.3, 0.4) is 0 Å². The molecule has 0 radical (unpaired) electrons. The Morgan fingerprint density at radius 3 is 2.35 bits per heavy atom. The summed E-state index contributed by atoms with van der Waals surface area (Å²) in [5.74, 6) is -0.553. The average molecular weight is 384 g/mol. The van der Waals surface area contributed by atoms with E-state index in [2.05, 4.69) is 21.2 Å². The Balaban J connectivity index is 1.98. The first kappa shape index (κ1) is 17.8. The lowest BCUT2D eigenvalue weighted by molar-refractivity contribution is -0.143. The maximum atomic E-state index is 12.4. The van der Waals surface area contributed by atoms with Gasteiger partial charge in [0.2, 0.25) is 5.91 Å². The summed E-state index contributed by atoms with van der Waals surface area (Å²) in [6.45, 7) is 3.89. The maximum Gasteiger partial charge on any atom is 0.306 e. The molecule has 5 nitrogen and oxygen atoms in total. The Morgan fingerprint density at radius 2 is 1.78 bits per heavy atom. The zero-order valence-corrected chi connectivity index (χ0v) is 14.9. The van der Waals surface area contributed by atoms with Gasteiger partial charge in [-0.2, -0.15) is 0 Å². The van der Waals surface area contributed by atoms with Crippen molar-refractivity contribution >= 4 is 33.5 Å². The molecule has 1 aliphatic rings. The number of anilines is 1. The van der Waals surface area contributed by atoms with Crippen molar-refractivity contribution in [1.29, 1.82) is 0 Å². The molecule has 1 amide bonds. The van der Waals surface area contributed by atoms with Gasteiger partial charge in [-0.15, -0.1) is 0 Å². The highest BCUT2D eigenvalue weighted by Crippen LogP contribution is 2.31. The Kier molecular flexibility index (Phi) is 6.04. The monoisotopic (exact) mass is 383 g/mol. The van der Waals surface area contributed by atoms with Gasteiger partial charge in [0.15, 0.2) is 0 Å². The number of nitrogens with one attached hydrogen (secondary N) is 1. The van der Waals surface area contributed by atoms with E-state index in [0.717, 1.165) is 4.47 Å². The number of hydrogen-bond acceptors (Lipinski definition) is 3. The highest BCUT2D eigenvalue weighted by Gasteiger charge is 2.29. The van der Waals surface area contributed by atoms with Crippen LogP contribution in [0, 0.1) is 11.8 Å². The smallest absolute Gasteiger partial charge is 0.306 e. The van der Waals surface area contributed by atoms with Crippen molar-refractivity contribution in [2.75, 3.05) is 5.32 Å². The summed E-state index contributed by atoms with van der Waals surface area (Å²) in [5.41, 5.74) is 0.681. The second-order valence-electron chi connectivity index (χ2n) is 6.22. The molecule has 0 atom stereocenters. The number of aliphatic carboxylic acids is 1. The van der Waals surface area contributed by atoms with Crippen LogP contribution in [0.4, 0.5) is 5.69 Å². The summed E-state index contributed by atoms with van der Waals surface area (Å²) < 4.78 is 6.49. The molecule has 2 N–H and O–H groups in total.